The van der Waals surface area contributed by atoms with Gasteiger partial charge in [-0.05, 0) is 32.6 Å². The summed E-state index contributed by atoms with van der Waals surface area (Å²) in [6.07, 6.45) is 25.2. The maximum Gasteiger partial charge on any atom is 0.500 e. The predicted molar refractivity (Wildman–Crippen MR) is 148 cm³/mol. The smallest absolute Gasteiger partial charge is 0.500 e. The minimum absolute atomic E-state index is 0.735. The van der Waals surface area contributed by atoms with E-state index in [2.05, 4.69) is 21.0 Å². The van der Waals surface area contributed by atoms with Crippen molar-refractivity contribution in [2.45, 2.75) is 142 Å². The van der Waals surface area contributed by atoms with Crippen molar-refractivity contribution in [3.05, 3.63) is 0 Å². The molecule has 0 aliphatic heterocycles. The third kappa shape index (κ3) is 25.0. The Morgan fingerprint density at radius 3 is 1.31 bits per heavy atom. The van der Waals surface area contributed by atoms with Crippen LogP contribution in [0.2, 0.25) is 6.04 Å². The predicted octanol–water partition coefficient (Wildman–Crippen LogP) is 5.18. The second kappa shape index (κ2) is 26.6. The molecule has 1 unspecified atom stereocenters. The third-order valence-corrected chi connectivity index (χ3v) is 9.77. The molecule has 0 saturated heterocycles. The Kier molecular flexibility index (Phi) is 27.9. The van der Waals surface area contributed by atoms with Gasteiger partial charge in [0.1, 0.15) is 0 Å². The van der Waals surface area contributed by atoms with E-state index in [-0.39, 0.29) is 0 Å². The van der Waals surface area contributed by atoms with Gasteiger partial charge in [0.25, 0.3) is 0 Å². The molecule has 0 amide bonds. The van der Waals surface area contributed by atoms with Crippen LogP contribution in [-0.4, -0.2) is 56.2 Å². The van der Waals surface area contributed by atoms with Gasteiger partial charge >= 0.3 is 8.80 Å². The third-order valence-electron chi connectivity index (χ3n) is 6.94. The zero-order valence-electron chi connectivity index (χ0n) is 24.6. The van der Waals surface area contributed by atoms with Gasteiger partial charge in [-0.1, -0.05) is 96.8 Å². The van der Waals surface area contributed by atoms with Crippen molar-refractivity contribution in [2.75, 3.05) is 35.4 Å². The fourth-order valence-electron chi connectivity index (χ4n) is 4.60. The standard InChI is InChI=1S/C26H57NO3Si.C2H4O2/c1-7-8-9-10-11-12-13-14-15-16-17-18-19-20-21-23-26(27(2)3)24-22-25-31(28-4,29-5)30-6;1-2(3)4/h26H,7-25H2,1-6H3;1H3,(H,3,4). The van der Waals surface area contributed by atoms with Crippen LogP contribution in [0.5, 0.6) is 0 Å². The molecule has 0 aromatic carbocycles. The Hall–Kier alpha value is -0.473. The van der Waals surface area contributed by atoms with Crippen LogP contribution in [0, 0.1) is 0 Å². The van der Waals surface area contributed by atoms with Crippen LogP contribution in [0.4, 0.5) is 0 Å². The van der Waals surface area contributed by atoms with Crippen LogP contribution < -0.4 is 10.0 Å². The van der Waals surface area contributed by atoms with E-state index in [1.807, 2.05) is 0 Å². The van der Waals surface area contributed by atoms with Gasteiger partial charge in [0, 0.05) is 33.3 Å². The second-order valence-electron chi connectivity index (χ2n) is 10.2. The quantitative estimate of drug-likeness (QED) is 0.141. The van der Waals surface area contributed by atoms with Gasteiger partial charge in [-0.2, -0.15) is 0 Å². The lowest BCUT2D eigenvalue weighted by Crippen LogP contribution is -3.10. The van der Waals surface area contributed by atoms with Gasteiger partial charge in [-0.25, -0.2) is 0 Å². The summed E-state index contributed by atoms with van der Waals surface area (Å²) in [4.78, 5) is 10.5. The first kappa shape index (κ1) is 36.7. The van der Waals surface area contributed by atoms with Crippen LogP contribution in [0.1, 0.15) is 129 Å². The number of nitrogens with one attached hydrogen (secondary N) is 1. The molecule has 0 aromatic rings. The van der Waals surface area contributed by atoms with Crippen LogP contribution in [-0.2, 0) is 18.1 Å². The molecule has 0 bridgehead atoms. The molecule has 0 aliphatic carbocycles. The fraction of sp³-hybridized carbons (Fsp3) is 0.964. The number of carbonyl (C=O) groups is 1. The Morgan fingerprint density at radius 1 is 0.686 bits per heavy atom. The average molecular weight is 520 g/mol. The molecule has 7 heteroatoms. The van der Waals surface area contributed by atoms with Gasteiger partial charge in [0.15, 0.2) is 0 Å². The van der Waals surface area contributed by atoms with Gasteiger partial charge in [0.05, 0.1) is 20.1 Å². The molecular weight excluding hydrogens is 458 g/mol. The van der Waals surface area contributed by atoms with E-state index in [4.69, 9.17) is 23.2 Å². The summed E-state index contributed by atoms with van der Waals surface area (Å²) >= 11 is 0. The normalized spacial score (nSPS) is 12.5. The number of rotatable bonds is 24. The van der Waals surface area contributed by atoms with Crippen molar-refractivity contribution in [1.29, 1.82) is 0 Å². The highest BCUT2D eigenvalue weighted by molar-refractivity contribution is 6.60. The van der Waals surface area contributed by atoms with E-state index >= 15 is 0 Å². The minimum atomic E-state index is -2.40. The van der Waals surface area contributed by atoms with Crippen LogP contribution in [0.3, 0.4) is 0 Å². The van der Waals surface area contributed by atoms with Crippen molar-refractivity contribution in [1.82, 2.24) is 0 Å². The highest BCUT2D eigenvalue weighted by atomic mass is 28.4. The van der Waals surface area contributed by atoms with Crippen LogP contribution in [0.25, 0.3) is 0 Å². The molecule has 0 heterocycles. The van der Waals surface area contributed by atoms with Gasteiger partial charge in [0.2, 0.25) is 0 Å². The lowest BCUT2D eigenvalue weighted by atomic mass is 10.0. The van der Waals surface area contributed by atoms with Crippen molar-refractivity contribution in [3.63, 3.8) is 0 Å². The lowest BCUT2D eigenvalue weighted by Gasteiger charge is -2.26. The van der Waals surface area contributed by atoms with E-state index in [0.717, 1.165) is 25.4 Å². The van der Waals surface area contributed by atoms with E-state index in [1.165, 1.54) is 109 Å². The summed E-state index contributed by atoms with van der Waals surface area (Å²) < 4.78 is 16.7. The van der Waals surface area contributed by atoms with Gasteiger partial charge in [-0.3, -0.25) is 0 Å². The monoisotopic (exact) mass is 519 g/mol. The van der Waals surface area contributed by atoms with Gasteiger partial charge < -0.3 is 28.1 Å². The minimum Gasteiger partial charge on any atom is -0.550 e. The lowest BCUT2D eigenvalue weighted by molar-refractivity contribution is -0.886. The summed E-state index contributed by atoms with van der Waals surface area (Å²) in [6.45, 7) is 3.27. The molecule has 1 N–H and O–H groups in total. The molecule has 0 spiro atoms. The first-order chi connectivity index (χ1) is 16.8. The maximum absolute atomic E-state index is 8.89. The number of unbranched alkanes of at least 4 members (excludes halogenated alkanes) is 14. The van der Waals surface area contributed by atoms with Crippen molar-refractivity contribution in [2.24, 2.45) is 0 Å². The molecule has 0 aromatic heterocycles. The van der Waals surface area contributed by atoms with Crippen molar-refractivity contribution < 1.29 is 28.1 Å². The molecule has 0 saturated carbocycles. The summed E-state index contributed by atoms with van der Waals surface area (Å²) in [7, 11) is 7.32. The summed E-state index contributed by atoms with van der Waals surface area (Å²) in [5.41, 5.74) is 0. The molecule has 0 aliphatic rings. The van der Waals surface area contributed by atoms with Gasteiger partial charge in [-0.15, -0.1) is 0 Å². The number of carbonyl (C=O) groups excluding carboxylic acids is 1. The molecule has 0 radical (unpaired) electrons. The van der Waals surface area contributed by atoms with E-state index in [0.29, 0.717) is 0 Å². The molecule has 35 heavy (non-hydrogen) atoms. The maximum atomic E-state index is 8.89. The number of hydrogen-bond donors (Lipinski definition) is 1. The van der Waals surface area contributed by atoms with Crippen molar-refractivity contribution >= 4 is 14.8 Å². The average Bonchev–Trinajstić information content (AvgIpc) is 2.82. The number of aliphatic carboxylic acids is 1. The Labute approximate surface area is 219 Å². The number of carboxylic acids is 1. The highest BCUT2D eigenvalue weighted by Gasteiger charge is 2.37. The first-order valence-corrected chi connectivity index (χ1v) is 16.3. The Bertz CT molecular complexity index is 435. The van der Waals surface area contributed by atoms with E-state index in [9.17, 15) is 0 Å². The second-order valence-corrected chi connectivity index (χ2v) is 13.3. The first-order valence-electron chi connectivity index (χ1n) is 14.4. The zero-order valence-corrected chi connectivity index (χ0v) is 25.6. The molecule has 212 valence electrons. The number of carboxylic acid groups (broad SMARTS) is 1. The van der Waals surface area contributed by atoms with Crippen molar-refractivity contribution in [3.8, 4) is 0 Å². The molecule has 6 nitrogen and oxygen atoms in total. The summed E-state index contributed by atoms with van der Waals surface area (Å²) in [6, 6.07) is 1.65. The number of hydrogen-bond acceptors (Lipinski definition) is 5. The topological polar surface area (TPSA) is 72.3 Å². The molecular formula is C28H61NO5Si. The van der Waals surface area contributed by atoms with E-state index < -0.39 is 14.8 Å². The van der Waals surface area contributed by atoms with E-state index in [1.54, 1.807) is 26.2 Å². The fourth-order valence-corrected chi connectivity index (χ4v) is 6.35. The SMILES string of the molecule is CC(=O)[O-].CCCCCCCCCCCCCCCCCC(CCC[Si](OC)(OC)OC)[NH+](C)C. The Balaban J connectivity index is 0. The summed E-state index contributed by atoms with van der Waals surface area (Å²) in [5, 5.41) is 8.89. The molecule has 1 atom stereocenters. The molecule has 0 rings (SSSR count). The van der Waals surface area contributed by atoms with Crippen LogP contribution >= 0.6 is 0 Å². The zero-order chi connectivity index (χ0) is 26.8. The van der Waals surface area contributed by atoms with Crippen LogP contribution in [0.15, 0.2) is 0 Å². The largest absolute Gasteiger partial charge is 0.550 e. The molecule has 0 fully saturated rings. The number of quaternary nitrogens is 1. The summed E-state index contributed by atoms with van der Waals surface area (Å²) in [5.74, 6) is -1.08. The highest BCUT2D eigenvalue weighted by Crippen LogP contribution is 2.19. The Morgan fingerprint density at radius 2 is 1.00 bits per heavy atom.